The summed E-state index contributed by atoms with van der Waals surface area (Å²) in [5, 5.41) is 1.75. The molecule has 1 N–H and O–H groups in total. The highest BCUT2D eigenvalue weighted by atomic mass is 16.5. The van der Waals surface area contributed by atoms with Crippen LogP contribution >= 0.6 is 0 Å². The van der Waals surface area contributed by atoms with Crippen LogP contribution in [0.3, 0.4) is 0 Å². The van der Waals surface area contributed by atoms with Gasteiger partial charge in [0, 0.05) is 23.2 Å². The summed E-state index contributed by atoms with van der Waals surface area (Å²) in [5.74, 6) is -0.718. The Hall–Kier alpha value is -2.69. The van der Waals surface area contributed by atoms with Gasteiger partial charge in [0.1, 0.15) is 11.4 Å². The third-order valence-electron chi connectivity index (χ3n) is 3.31. The highest BCUT2D eigenvalue weighted by molar-refractivity contribution is 6.15. The molecule has 1 aromatic carbocycles. The van der Waals surface area contributed by atoms with Gasteiger partial charge in [0.05, 0.1) is 12.1 Å². The molecule has 0 spiro atoms. The molecule has 0 saturated heterocycles. The highest BCUT2D eigenvalue weighted by Crippen LogP contribution is 2.28. The fourth-order valence-corrected chi connectivity index (χ4v) is 2.41. The number of Topliss-reactive ketones (excluding diaryl/α,β-unsaturated/α-hetero) is 1. The van der Waals surface area contributed by atoms with Crippen LogP contribution < -0.4 is 0 Å². The molecule has 0 aliphatic carbocycles. The number of aromatic amines is 1. The highest BCUT2D eigenvalue weighted by Gasteiger charge is 2.18. The number of rotatable bonds is 3. The number of H-pyrrole nitrogens is 1. The van der Waals surface area contributed by atoms with Gasteiger partial charge in [0.2, 0.25) is 0 Å². The number of benzene rings is 1. The van der Waals surface area contributed by atoms with Crippen LogP contribution in [0.4, 0.5) is 0 Å². The van der Waals surface area contributed by atoms with E-state index in [4.69, 9.17) is 4.74 Å². The van der Waals surface area contributed by atoms with Crippen molar-refractivity contribution in [3.63, 3.8) is 0 Å². The molecule has 3 rings (SSSR count). The molecule has 5 heteroatoms. The Bertz CT molecular complexity index is 864. The molecule has 0 bridgehead atoms. The molecule has 0 aliphatic rings. The van der Waals surface area contributed by atoms with E-state index >= 15 is 0 Å². The summed E-state index contributed by atoms with van der Waals surface area (Å²) >= 11 is 0. The normalized spacial score (nSPS) is 11.0. The van der Waals surface area contributed by atoms with Gasteiger partial charge in [-0.25, -0.2) is 9.78 Å². The van der Waals surface area contributed by atoms with Gasteiger partial charge >= 0.3 is 5.97 Å². The molecule has 0 radical (unpaired) electrons. The van der Waals surface area contributed by atoms with Crippen LogP contribution in [0.2, 0.25) is 0 Å². The quantitative estimate of drug-likeness (QED) is 0.592. The number of carbonyl (C=O) groups excluding carboxylic acids is 2. The zero-order valence-electron chi connectivity index (χ0n) is 11.8. The Balaban J connectivity index is 2.35. The number of hydrogen-bond donors (Lipinski definition) is 1. The summed E-state index contributed by atoms with van der Waals surface area (Å²) in [6.45, 7) is 3.43. The Morgan fingerprint density at radius 3 is 2.71 bits per heavy atom. The number of para-hydroxylation sites is 1. The first-order chi connectivity index (χ1) is 10.1. The molecule has 0 unspecified atom stereocenters. The standard InChI is InChI=1S/C16H14N2O3/c1-3-21-16(20)13-8-11-10-6-4-5-7-12(10)17-15(11)14(18-13)9(2)19/h4-8,17H,3H2,1-2H3. The fraction of sp³-hybridized carbons (Fsp3) is 0.188. The number of carbonyl (C=O) groups is 2. The summed E-state index contributed by atoms with van der Waals surface area (Å²) in [6.07, 6.45) is 0. The predicted molar refractivity (Wildman–Crippen MR) is 79.6 cm³/mol. The third-order valence-corrected chi connectivity index (χ3v) is 3.31. The van der Waals surface area contributed by atoms with Crippen LogP contribution in [0.25, 0.3) is 21.8 Å². The number of hydrogen-bond acceptors (Lipinski definition) is 4. The lowest BCUT2D eigenvalue weighted by Crippen LogP contribution is -2.10. The minimum atomic E-state index is -0.521. The van der Waals surface area contributed by atoms with Gasteiger partial charge in [-0.15, -0.1) is 0 Å². The molecule has 3 aromatic rings. The van der Waals surface area contributed by atoms with E-state index in [-0.39, 0.29) is 23.8 Å². The molecular formula is C16H14N2O3. The maximum absolute atomic E-state index is 11.9. The number of esters is 1. The minimum absolute atomic E-state index is 0.152. The first-order valence-electron chi connectivity index (χ1n) is 6.71. The number of nitrogens with zero attached hydrogens (tertiary/aromatic N) is 1. The van der Waals surface area contributed by atoms with Crippen LogP contribution in [0.5, 0.6) is 0 Å². The van der Waals surface area contributed by atoms with Crippen molar-refractivity contribution in [3.05, 3.63) is 41.7 Å². The van der Waals surface area contributed by atoms with E-state index in [0.29, 0.717) is 5.52 Å². The van der Waals surface area contributed by atoms with Gasteiger partial charge < -0.3 is 9.72 Å². The smallest absolute Gasteiger partial charge is 0.356 e. The van der Waals surface area contributed by atoms with Crippen LogP contribution in [-0.4, -0.2) is 28.3 Å². The monoisotopic (exact) mass is 282 g/mol. The zero-order valence-corrected chi connectivity index (χ0v) is 11.8. The van der Waals surface area contributed by atoms with Crippen molar-refractivity contribution in [1.29, 1.82) is 0 Å². The molecule has 0 amide bonds. The van der Waals surface area contributed by atoms with Crippen molar-refractivity contribution in [2.24, 2.45) is 0 Å². The van der Waals surface area contributed by atoms with Crippen LogP contribution in [0.1, 0.15) is 34.8 Å². The summed E-state index contributed by atoms with van der Waals surface area (Å²) in [7, 11) is 0. The number of ether oxygens (including phenoxy) is 1. The van der Waals surface area contributed by atoms with Gasteiger partial charge in [0.25, 0.3) is 0 Å². The average Bonchev–Trinajstić information content (AvgIpc) is 2.84. The zero-order chi connectivity index (χ0) is 15.0. The number of pyridine rings is 1. The largest absolute Gasteiger partial charge is 0.461 e. The number of nitrogens with one attached hydrogen (secondary N) is 1. The van der Waals surface area contributed by atoms with Crippen molar-refractivity contribution in [2.75, 3.05) is 6.61 Å². The minimum Gasteiger partial charge on any atom is -0.461 e. The van der Waals surface area contributed by atoms with E-state index in [9.17, 15) is 9.59 Å². The Labute approximate surface area is 120 Å². The van der Waals surface area contributed by atoms with Crippen molar-refractivity contribution in [3.8, 4) is 0 Å². The predicted octanol–water partition coefficient (Wildman–Crippen LogP) is 3.10. The molecule has 0 atom stereocenters. The fourth-order valence-electron chi connectivity index (χ4n) is 2.41. The van der Waals surface area contributed by atoms with E-state index in [1.54, 1.807) is 13.0 Å². The van der Waals surface area contributed by atoms with Crippen molar-refractivity contribution in [2.45, 2.75) is 13.8 Å². The maximum atomic E-state index is 11.9. The second kappa shape index (κ2) is 5.01. The van der Waals surface area contributed by atoms with Crippen molar-refractivity contribution < 1.29 is 14.3 Å². The molecular weight excluding hydrogens is 268 g/mol. The molecule has 5 nitrogen and oxygen atoms in total. The topological polar surface area (TPSA) is 72.1 Å². The molecule has 21 heavy (non-hydrogen) atoms. The Morgan fingerprint density at radius 1 is 1.24 bits per heavy atom. The molecule has 0 saturated carbocycles. The van der Waals surface area contributed by atoms with Gasteiger partial charge in [0.15, 0.2) is 5.78 Å². The summed E-state index contributed by atoms with van der Waals surface area (Å²) in [6, 6.07) is 9.34. The lowest BCUT2D eigenvalue weighted by Gasteiger charge is -2.04. The number of ketones is 1. The SMILES string of the molecule is CCOC(=O)c1cc2c([nH]c3ccccc32)c(C(C)=O)n1. The number of fused-ring (bicyclic) bond motifs is 3. The van der Waals surface area contributed by atoms with E-state index in [1.807, 2.05) is 24.3 Å². The van der Waals surface area contributed by atoms with Crippen molar-refractivity contribution >= 4 is 33.6 Å². The molecule has 0 aliphatic heterocycles. The summed E-state index contributed by atoms with van der Waals surface area (Å²) in [5.41, 5.74) is 1.96. The van der Waals surface area contributed by atoms with Gasteiger partial charge in [-0.05, 0) is 19.1 Å². The maximum Gasteiger partial charge on any atom is 0.356 e. The second-order valence-corrected chi connectivity index (χ2v) is 4.73. The van der Waals surface area contributed by atoms with E-state index in [1.165, 1.54) is 6.92 Å². The first-order valence-corrected chi connectivity index (χ1v) is 6.71. The third kappa shape index (κ3) is 2.16. The van der Waals surface area contributed by atoms with Crippen LogP contribution in [0.15, 0.2) is 30.3 Å². The van der Waals surface area contributed by atoms with E-state index < -0.39 is 5.97 Å². The van der Waals surface area contributed by atoms with E-state index in [0.717, 1.165) is 16.3 Å². The van der Waals surface area contributed by atoms with Crippen LogP contribution in [-0.2, 0) is 4.74 Å². The van der Waals surface area contributed by atoms with E-state index in [2.05, 4.69) is 9.97 Å². The molecule has 2 heterocycles. The van der Waals surface area contributed by atoms with Crippen molar-refractivity contribution in [1.82, 2.24) is 9.97 Å². The molecule has 0 fully saturated rings. The first kappa shape index (κ1) is 13.3. The number of aromatic nitrogens is 2. The summed E-state index contributed by atoms with van der Waals surface area (Å²) < 4.78 is 4.98. The summed E-state index contributed by atoms with van der Waals surface area (Å²) in [4.78, 5) is 31.1. The van der Waals surface area contributed by atoms with Crippen LogP contribution in [0, 0.1) is 0 Å². The Kier molecular flexibility index (Phi) is 3.17. The molecule has 2 aromatic heterocycles. The average molecular weight is 282 g/mol. The lowest BCUT2D eigenvalue weighted by atomic mass is 10.1. The lowest BCUT2D eigenvalue weighted by molar-refractivity contribution is 0.0519. The second-order valence-electron chi connectivity index (χ2n) is 4.73. The van der Waals surface area contributed by atoms with Gasteiger partial charge in [-0.1, -0.05) is 18.2 Å². The molecule has 106 valence electrons. The van der Waals surface area contributed by atoms with Gasteiger partial charge in [-0.2, -0.15) is 0 Å². The Morgan fingerprint density at radius 2 is 2.00 bits per heavy atom. The van der Waals surface area contributed by atoms with Gasteiger partial charge in [-0.3, -0.25) is 4.79 Å².